The number of hydrogen-bond donors (Lipinski definition) is 1. The summed E-state index contributed by atoms with van der Waals surface area (Å²) in [5.74, 6) is 0.413. The minimum Gasteiger partial charge on any atom is -0.462 e. The van der Waals surface area contributed by atoms with Gasteiger partial charge in [0.15, 0.2) is 0 Å². The minimum atomic E-state index is -0.373. The van der Waals surface area contributed by atoms with Gasteiger partial charge in [0.2, 0.25) is 0 Å². The summed E-state index contributed by atoms with van der Waals surface area (Å²) in [6.07, 6.45) is 1.27. The van der Waals surface area contributed by atoms with Gasteiger partial charge in [0.25, 0.3) is 0 Å². The van der Waals surface area contributed by atoms with Crippen molar-refractivity contribution in [3.63, 3.8) is 0 Å². The Balaban J connectivity index is 2.25. The Hall–Kier alpha value is -1.62. The molecule has 0 radical (unpaired) electrons. The monoisotopic (exact) mass is 250 g/mol. The maximum absolute atomic E-state index is 11.8. The molecule has 1 aromatic rings. The van der Waals surface area contributed by atoms with Crippen molar-refractivity contribution in [1.82, 2.24) is 4.98 Å². The Morgan fingerprint density at radius 2 is 2.39 bits per heavy atom. The van der Waals surface area contributed by atoms with E-state index in [-0.39, 0.29) is 18.0 Å². The summed E-state index contributed by atoms with van der Waals surface area (Å²) in [5.41, 5.74) is 0.459. The Labute approximate surface area is 106 Å². The van der Waals surface area contributed by atoms with Crippen LogP contribution in [0.15, 0.2) is 18.3 Å². The Bertz CT molecular complexity index is 426. The number of carbonyl (C=O) groups excluding carboxylic acids is 1. The average Bonchev–Trinajstić information content (AvgIpc) is 2.70. The zero-order chi connectivity index (χ0) is 13.1. The third kappa shape index (κ3) is 2.46. The topological polar surface area (TPSA) is 62.7 Å². The highest BCUT2D eigenvalue weighted by molar-refractivity contribution is 5.94. The van der Waals surface area contributed by atoms with Crippen LogP contribution in [0.5, 0.6) is 0 Å². The fraction of sp³-hybridized carbons (Fsp3) is 0.538. The number of hydrogen-bond acceptors (Lipinski definition) is 5. The number of rotatable bonds is 3. The minimum absolute atomic E-state index is 0.182. The highest BCUT2D eigenvalue weighted by atomic mass is 16.5. The van der Waals surface area contributed by atoms with Crippen LogP contribution in [0.4, 0.5) is 5.82 Å². The smallest absolute Gasteiger partial charge is 0.341 e. The van der Waals surface area contributed by atoms with E-state index in [1.165, 1.54) is 0 Å². The van der Waals surface area contributed by atoms with Crippen molar-refractivity contribution in [2.24, 2.45) is 5.92 Å². The number of esters is 1. The second-order valence-corrected chi connectivity index (χ2v) is 4.54. The molecule has 1 fully saturated rings. The Morgan fingerprint density at radius 1 is 1.61 bits per heavy atom. The van der Waals surface area contributed by atoms with E-state index in [4.69, 9.17) is 4.74 Å². The van der Waals surface area contributed by atoms with E-state index < -0.39 is 0 Å². The predicted octanol–water partition coefficient (Wildman–Crippen LogP) is 1.08. The summed E-state index contributed by atoms with van der Waals surface area (Å²) in [6, 6.07) is 3.42. The molecule has 0 aromatic carbocycles. The summed E-state index contributed by atoms with van der Waals surface area (Å²) >= 11 is 0. The highest BCUT2D eigenvalue weighted by Gasteiger charge is 2.30. The summed E-state index contributed by atoms with van der Waals surface area (Å²) in [5, 5.41) is 9.78. The number of aliphatic hydroxyl groups excluding tert-OH is 1. The SMILES string of the molecule is CCOC(=O)c1cccnc1N1C[C@@H](O)[C@@H](C)C1. The molecular formula is C13H18N2O3. The second kappa shape index (κ2) is 5.35. The largest absolute Gasteiger partial charge is 0.462 e. The molecule has 2 heterocycles. The first-order valence-corrected chi connectivity index (χ1v) is 6.18. The molecule has 2 rings (SSSR count). The van der Waals surface area contributed by atoms with Gasteiger partial charge in [0.05, 0.1) is 12.7 Å². The van der Waals surface area contributed by atoms with E-state index >= 15 is 0 Å². The van der Waals surface area contributed by atoms with Crippen molar-refractivity contribution in [3.05, 3.63) is 23.9 Å². The lowest BCUT2D eigenvalue weighted by Crippen LogP contribution is -2.25. The standard InChI is InChI=1S/C13H18N2O3/c1-3-18-13(17)10-5-4-6-14-12(10)15-7-9(2)11(16)8-15/h4-6,9,11,16H,3,7-8H2,1-2H3/t9-,11+/m0/s1. The number of ether oxygens (including phenoxy) is 1. The molecule has 18 heavy (non-hydrogen) atoms. The number of nitrogens with zero attached hydrogens (tertiary/aromatic N) is 2. The van der Waals surface area contributed by atoms with Gasteiger partial charge in [-0.1, -0.05) is 6.92 Å². The number of β-amino-alcohol motifs (C(OH)–C–C–N with tert-alkyl or cyclic N) is 1. The lowest BCUT2D eigenvalue weighted by atomic mass is 10.1. The quantitative estimate of drug-likeness (QED) is 0.813. The van der Waals surface area contributed by atoms with Gasteiger partial charge >= 0.3 is 5.97 Å². The van der Waals surface area contributed by atoms with Crippen LogP contribution in [0, 0.1) is 5.92 Å². The van der Waals surface area contributed by atoms with E-state index in [0.717, 1.165) is 0 Å². The van der Waals surface area contributed by atoms with Crippen molar-refractivity contribution in [1.29, 1.82) is 0 Å². The molecule has 1 aromatic heterocycles. The summed E-state index contributed by atoms with van der Waals surface area (Å²) in [6.45, 7) is 5.30. The second-order valence-electron chi connectivity index (χ2n) is 4.54. The van der Waals surface area contributed by atoms with Crippen LogP contribution < -0.4 is 4.90 Å². The molecule has 0 bridgehead atoms. The van der Waals surface area contributed by atoms with Crippen LogP contribution in [-0.2, 0) is 4.74 Å². The van der Waals surface area contributed by atoms with Gasteiger partial charge in [-0.2, -0.15) is 0 Å². The molecule has 1 N–H and O–H groups in total. The van der Waals surface area contributed by atoms with Gasteiger partial charge in [-0.15, -0.1) is 0 Å². The van der Waals surface area contributed by atoms with Gasteiger partial charge in [0, 0.05) is 25.2 Å². The third-order valence-electron chi connectivity index (χ3n) is 3.15. The average molecular weight is 250 g/mol. The van der Waals surface area contributed by atoms with Crippen molar-refractivity contribution in [2.45, 2.75) is 20.0 Å². The number of aliphatic hydroxyl groups is 1. The van der Waals surface area contributed by atoms with Gasteiger partial charge in [-0.05, 0) is 19.1 Å². The summed E-state index contributed by atoms with van der Waals surface area (Å²) < 4.78 is 5.01. The van der Waals surface area contributed by atoms with E-state index in [1.807, 2.05) is 11.8 Å². The number of pyridine rings is 1. The molecule has 5 nitrogen and oxygen atoms in total. The van der Waals surface area contributed by atoms with Gasteiger partial charge in [-0.25, -0.2) is 9.78 Å². The molecule has 1 aliphatic heterocycles. The maximum atomic E-state index is 11.8. The van der Waals surface area contributed by atoms with Gasteiger partial charge in [-0.3, -0.25) is 0 Å². The van der Waals surface area contributed by atoms with Crippen molar-refractivity contribution in [2.75, 3.05) is 24.6 Å². The van der Waals surface area contributed by atoms with Crippen LogP contribution >= 0.6 is 0 Å². The molecule has 0 unspecified atom stereocenters. The fourth-order valence-corrected chi connectivity index (χ4v) is 2.14. The first-order chi connectivity index (χ1) is 8.63. The van der Waals surface area contributed by atoms with E-state index in [9.17, 15) is 9.90 Å². The summed E-state index contributed by atoms with van der Waals surface area (Å²) in [4.78, 5) is 18.0. The lowest BCUT2D eigenvalue weighted by molar-refractivity contribution is 0.0526. The summed E-state index contributed by atoms with van der Waals surface area (Å²) in [7, 11) is 0. The molecule has 0 amide bonds. The number of aromatic nitrogens is 1. The molecule has 0 aliphatic carbocycles. The lowest BCUT2D eigenvalue weighted by Gasteiger charge is -2.19. The first-order valence-electron chi connectivity index (χ1n) is 6.18. The van der Waals surface area contributed by atoms with E-state index in [0.29, 0.717) is 31.1 Å². The zero-order valence-corrected chi connectivity index (χ0v) is 10.7. The van der Waals surface area contributed by atoms with Crippen LogP contribution in [-0.4, -0.2) is 41.9 Å². The Morgan fingerprint density at radius 3 is 3.00 bits per heavy atom. The highest BCUT2D eigenvalue weighted by Crippen LogP contribution is 2.25. The normalized spacial score (nSPS) is 23.2. The van der Waals surface area contributed by atoms with E-state index in [2.05, 4.69) is 4.98 Å². The van der Waals surface area contributed by atoms with Crippen LogP contribution in [0.3, 0.4) is 0 Å². The third-order valence-corrected chi connectivity index (χ3v) is 3.15. The molecule has 0 spiro atoms. The Kier molecular flexibility index (Phi) is 3.81. The van der Waals surface area contributed by atoms with Crippen LogP contribution in [0.2, 0.25) is 0 Å². The molecule has 0 saturated carbocycles. The van der Waals surface area contributed by atoms with E-state index in [1.54, 1.807) is 25.3 Å². The van der Waals surface area contributed by atoms with Gasteiger partial charge in [0.1, 0.15) is 11.4 Å². The van der Waals surface area contributed by atoms with Gasteiger partial charge < -0.3 is 14.7 Å². The molecule has 98 valence electrons. The first kappa shape index (κ1) is 12.8. The molecule has 2 atom stereocenters. The molecular weight excluding hydrogens is 232 g/mol. The predicted molar refractivity (Wildman–Crippen MR) is 67.6 cm³/mol. The fourth-order valence-electron chi connectivity index (χ4n) is 2.14. The maximum Gasteiger partial charge on any atom is 0.341 e. The molecule has 1 aliphatic rings. The van der Waals surface area contributed by atoms with Crippen molar-refractivity contribution in [3.8, 4) is 0 Å². The van der Waals surface area contributed by atoms with Crippen molar-refractivity contribution >= 4 is 11.8 Å². The van der Waals surface area contributed by atoms with Crippen molar-refractivity contribution < 1.29 is 14.6 Å². The number of carbonyl (C=O) groups is 1. The number of anilines is 1. The molecule has 1 saturated heterocycles. The van der Waals surface area contributed by atoms with Crippen LogP contribution in [0.25, 0.3) is 0 Å². The zero-order valence-electron chi connectivity index (χ0n) is 10.7. The molecule has 5 heteroatoms. The van der Waals surface area contributed by atoms with Crippen LogP contribution in [0.1, 0.15) is 24.2 Å².